The van der Waals surface area contributed by atoms with Crippen molar-refractivity contribution in [3.63, 3.8) is 0 Å². The van der Waals surface area contributed by atoms with Crippen LogP contribution in [0.1, 0.15) is 47.0 Å². The Hall–Kier alpha value is 0.440. The topological polar surface area (TPSA) is 9.23 Å². The largest absolute Gasteiger partial charge is 0.378 e. The zero-order chi connectivity index (χ0) is 10.8. The molecule has 1 fully saturated rings. The van der Waals surface area contributed by atoms with Crippen molar-refractivity contribution in [2.75, 3.05) is 6.61 Å². The van der Waals surface area contributed by atoms with E-state index in [-0.39, 0.29) is 0 Å². The predicted molar refractivity (Wildman–Crippen MR) is 64.9 cm³/mol. The molecule has 0 aliphatic heterocycles. The molecule has 0 aromatic heterocycles. The van der Waals surface area contributed by atoms with E-state index in [1.807, 2.05) is 0 Å². The summed E-state index contributed by atoms with van der Waals surface area (Å²) in [7, 11) is 0. The van der Waals surface area contributed by atoms with Crippen LogP contribution < -0.4 is 0 Å². The van der Waals surface area contributed by atoms with Crippen LogP contribution in [0.25, 0.3) is 0 Å². The molecule has 0 spiro atoms. The first-order valence-electron chi connectivity index (χ1n) is 5.70. The SMILES string of the molecule is CC(C)CCCOC1CC(Br)C1(C)C. The van der Waals surface area contributed by atoms with Gasteiger partial charge >= 0.3 is 0 Å². The lowest BCUT2D eigenvalue weighted by atomic mass is 9.69. The zero-order valence-corrected chi connectivity index (χ0v) is 11.4. The summed E-state index contributed by atoms with van der Waals surface area (Å²) in [6.07, 6.45) is 4.13. The Balaban J connectivity index is 2.09. The van der Waals surface area contributed by atoms with E-state index < -0.39 is 0 Å². The first-order chi connectivity index (χ1) is 6.44. The van der Waals surface area contributed by atoms with Crippen molar-refractivity contribution in [2.45, 2.75) is 57.9 Å². The van der Waals surface area contributed by atoms with Crippen molar-refractivity contribution in [3.05, 3.63) is 0 Å². The number of hydrogen-bond acceptors (Lipinski definition) is 1. The Labute approximate surface area is 96.7 Å². The molecular formula is C12H23BrO. The molecule has 1 rings (SSSR count). The zero-order valence-electron chi connectivity index (χ0n) is 9.85. The third-order valence-electron chi connectivity index (χ3n) is 3.30. The molecule has 1 nitrogen and oxygen atoms in total. The minimum absolute atomic E-state index is 0.331. The van der Waals surface area contributed by atoms with E-state index >= 15 is 0 Å². The third kappa shape index (κ3) is 2.96. The smallest absolute Gasteiger partial charge is 0.0647 e. The number of ether oxygens (including phenoxy) is 1. The molecule has 0 amide bonds. The van der Waals surface area contributed by atoms with E-state index in [1.54, 1.807) is 0 Å². The monoisotopic (exact) mass is 262 g/mol. The summed E-state index contributed by atoms with van der Waals surface area (Å²) in [5.41, 5.74) is 0.331. The minimum atomic E-state index is 0.331. The maximum Gasteiger partial charge on any atom is 0.0647 e. The van der Waals surface area contributed by atoms with Crippen LogP contribution in [0.4, 0.5) is 0 Å². The van der Waals surface area contributed by atoms with E-state index in [2.05, 4.69) is 43.6 Å². The predicted octanol–water partition coefficient (Wildman–Crippen LogP) is 4.00. The maximum absolute atomic E-state index is 5.88. The average Bonchev–Trinajstić information content (AvgIpc) is 2.10. The van der Waals surface area contributed by atoms with Crippen LogP contribution in [0.5, 0.6) is 0 Å². The van der Waals surface area contributed by atoms with Crippen molar-refractivity contribution in [1.29, 1.82) is 0 Å². The summed E-state index contributed by atoms with van der Waals surface area (Å²) in [5.74, 6) is 0.803. The number of hydrogen-bond donors (Lipinski definition) is 0. The standard InChI is InChI=1S/C12H23BrO/c1-9(2)6-5-7-14-11-8-10(13)12(11,3)4/h9-11H,5-8H2,1-4H3. The molecule has 0 bridgehead atoms. The van der Waals surface area contributed by atoms with Gasteiger partial charge in [-0.2, -0.15) is 0 Å². The molecule has 0 N–H and O–H groups in total. The molecule has 0 aromatic rings. The van der Waals surface area contributed by atoms with E-state index in [0.29, 0.717) is 16.3 Å². The summed E-state index contributed by atoms with van der Waals surface area (Å²) in [6.45, 7) is 10.0. The van der Waals surface area contributed by atoms with E-state index in [4.69, 9.17) is 4.74 Å². The second-order valence-electron chi connectivity index (χ2n) is 5.42. The molecule has 0 heterocycles. The van der Waals surface area contributed by atoms with Crippen molar-refractivity contribution in [2.24, 2.45) is 11.3 Å². The first-order valence-corrected chi connectivity index (χ1v) is 6.62. The first kappa shape index (κ1) is 12.5. The molecule has 0 aromatic carbocycles. The highest BCUT2D eigenvalue weighted by Crippen LogP contribution is 2.47. The van der Waals surface area contributed by atoms with Gasteiger partial charge < -0.3 is 4.74 Å². The summed E-state index contributed by atoms with van der Waals surface area (Å²) in [4.78, 5) is 0.644. The van der Waals surface area contributed by atoms with E-state index in [9.17, 15) is 0 Å². The molecule has 2 atom stereocenters. The van der Waals surface area contributed by atoms with Gasteiger partial charge in [0, 0.05) is 16.8 Å². The van der Waals surface area contributed by atoms with Gasteiger partial charge in [-0.3, -0.25) is 0 Å². The normalized spacial score (nSPS) is 30.4. The van der Waals surface area contributed by atoms with E-state index in [0.717, 1.165) is 12.5 Å². The molecule has 0 radical (unpaired) electrons. The fourth-order valence-electron chi connectivity index (χ4n) is 1.84. The lowest BCUT2D eigenvalue weighted by Gasteiger charge is -2.48. The Kier molecular flexibility index (Phi) is 4.45. The highest BCUT2D eigenvalue weighted by Gasteiger charge is 2.47. The van der Waals surface area contributed by atoms with Crippen LogP contribution >= 0.6 is 15.9 Å². The van der Waals surface area contributed by atoms with Gasteiger partial charge in [-0.05, 0) is 25.2 Å². The lowest BCUT2D eigenvalue weighted by Crippen LogP contribution is -2.51. The van der Waals surface area contributed by atoms with Crippen molar-refractivity contribution in [3.8, 4) is 0 Å². The van der Waals surface area contributed by atoms with Crippen molar-refractivity contribution < 1.29 is 4.74 Å². The Morgan fingerprint density at radius 3 is 2.50 bits per heavy atom. The molecule has 14 heavy (non-hydrogen) atoms. The van der Waals surface area contributed by atoms with Gasteiger partial charge in [-0.1, -0.05) is 43.6 Å². The van der Waals surface area contributed by atoms with Crippen LogP contribution in [-0.2, 0) is 4.74 Å². The summed E-state index contributed by atoms with van der Waals surface area (Å²) >= 11 is 3.67. The van der Waals surface area contributed by atoms with Gasteiger partial charge in [0.05, 0.1) is 6.10 Å². The summed E-state index contributed by atoms with van der Waals surface area (Å²) in [6, 6.07) is 0. The minimum Gasteiger partial charge on any atom is -0.378 e. The van der Waals surface area contributed by atoms with Crippen LogP contribution in [-0.4, -0.2) is 17.5 Å². The maximum atomic E-state index is 5.88. The van der Waals surface area contributed by atoms with Gasteiger partial charge in [0.15, 0.2) is 0 Å². The van der Waals surface area contributed by atoms with Gasteiger partial charge in [-0.25, -0.2) is 0 Å². The molecule has 1 aliphatic carbocycles. The van der Waals surface area contributed by atoms with Gasteiger partial charge in [-0.15, -0.1) is 0 Å². The van der Waals surface area contributed by atoms with Crippen LogP contribution in [0.3, 0.4) is 0 Å². The molecular weight excluding hydrogens is 240 g/mol. The summed E-state index contributed by atoms with van der Waals surface area (Å²) in [5, 5.41) is 0. The molecule has 84 valence electrons. The molecule has 0 saturated heterocycles. The fraction of sp³-hybridized carbons (Fsp3) is 1.00. The summed E-state index contributed by atoms with van der Waals surface area (Å²) < 4.78 is 5.88. The Morgan fingerprint density at radius 2 is 2.07 bits per heavy atom. The van der Waals surface area contributed by atoms with Crippen molar-refractivity contribution in [1.82, 2.24) is 0 Å². The number of rotatable bonds is 5. The Morgan fingerprint density at radius 1 is 1.43 bits per heavy atom. The molecule has 2 unspecified atom stereocenters. The van der Waals surface area contributed by atoms with E-state index in [1.165, 1.54) is 19.3 Å². The average molecular weight is 263 g/mol. The van der Waals surface area contributed by atoms with Crippen LogP contribution in [0, 0.1) is 11.3 Å². The lowest BCUT2D eigenvalue weighted by molar-refractivity contribution is -0.0860. The second kappa shape index (κ2) is 4.98. The van der Waals surface area contributed by atoms with Gasteiger partial charge in [0.2, 0.25) is 0 Å². The highest BCUT2D eigenvalue weighted by molar-refractivity contribution is 9.09. The van der Waals surface area contributed by atoms with Crippen LogP contribution in [0.15, 0.2) is 0 Å². The highest BCUT2D eigenvalue weighted by atomic mass is 79.9. The number of alkyl halides is 1. The number of halogens is 1. The van der Waals surface area contributed by atoms with Gasteiger partial charge in [0.1, 0.15) is 0 Å². The molecule has 1 saturated carbocycles. The van der Waals surface area contributed by atoms with Gasteiger partial charge in [0.25, 0.3) is 0 Å². The fourth-order valence-corrected chi connectivity index (χ4v) is 2.47. The quantitative estimate of drug-likeness (QED) is 0.538. The molecule has 1 aliphatic rings. The third-order valence-corrected chi connectivity index (χ3v) is 4.86. The van der Waals surface area contributed by atoms with Crippen LogP contribution in [0.2, 0.25) is 0 Å². The van der Waals surface area contributed by atoms with Crippen molar-refractivity contribution >= 4 is 15.9 Å². The Bertz CT molecular complexity index is 177. The second-order valence-corrected chi connectivity index (χ2v) is 6.53. The molecule has 2 heteroatoms.